The Morgan fingerprint density at radius 3 is 2.50 bits per heavy atom. The van der Waals surface area contributed by atoms with Crippen molar-refractivity contribution in [3.63, 3.8) is 0 Å². The average Bonchev–Trinajstić information content (AvgIpc) is 2.85. The summed E-state index contributed by atoms with van der Waals surface area (Å²) in [5.74, 6) is -0.416. The molecule has 0 bridgehead atoms. The first-order chi connectivity index (χ1) is 16.5. The van der Waals surface area contributed by atoms with Crippen molar-refractivity contribution >= 4 is 17.5 Å². The highest BCUT2D eigenvalue weighted by atomic mass is 19.1. The van der Waals surface area contributed by atoms with Crippen LogP contribution in [-0.2, 0) is 6.54 Å². The van der Waals surface area contributed by atoms with Gasteiger partial charge in [-0.2, -0.15) is 0 Å². The highest BCUT2D eigenvalue weighted by molar-refractivity contribution is 6.05. The highest BCUT2D eigenvalue weighted by Gasteiger charge is 2.13. The van der Waals surface area contributed by atoms with Crippen LogP contribution in [0.5, 0.6) is 11.6 Å². The third kappa shape index (κ3) is 5.63. The summed E-state index contributed by atoms with van der Waals surface area (Å²) in [5.41, 5.74) is 2.94. The van der Waals surface area contributed by atoms with Gasteiger partial charge in [0.2, 0.25) is 5.88 Å². The molecule has 0 aliphatic carbocycles. The molecule has 0 unspecified atom stereocenters. The molecule has 0 fully saturated rings. The van der Waals surface area contributed by atoms with Crippen molar-refractivity contribution in [2.45, 2.75) is 13.5 Å². The van der Waals surface area contributed by atoms with E-state index in [2.05, 4.69) is 15.6 Å². The molecule has 3 aromatic carbocycles. The third-order valence-electron chi connectivity index (χ3n) is 5.08. The maximum absolute atomic E-state index is 13.5. The van der Waals surface area contributed by atoms with E-state index in [-0.39, 0.29) is 24.2 Å². The van der Waals surface area contributed by atoms with Crippen molar-refractivity contribution in [2.24, 2.45) is 0 Å². The molecule has 0 aliphatic rings. The molecule has 0 atom stereocenters. The second kappa shape index (κ2) is 10.4. The number of anilines is 1. The van der Waals surface area contributed by atoms with Crippen LogP contribution >= 0.6 is 0 Å². The van der Waals surface area contributed by atoms with Crippen LogP contribution < -0.4 is 15.4 Å². The molecule has 1 heterocycles. The highest BCUT2D eigenvalue weighted by Crippen LogP contribution is 2.24. The SMILES string of the molecule is Cc1ccc(C(=O)NCc2cccnc2Oc2cccc(F)c2)cc1NC(=O)c1ccccc1. The van der Waals surface area contributed by atoms with E-state index in [1.54, 1.807) is 72.9 Å². The Hall–Kier alpha value is -4.52. The number of aromatic nitrogens is 1. The smallest absolute Gasteiger partial charge is 0.255 e. The Morgan fingerprint density at radius 2 is 1.71 bits per heavy atom. The van der Waals surface area contributed by atoms with Crippen molar-refractivity contribution in [1.82, 2.24) is 10.3 Å². The van der Waals surface area contributed by atoms with Gasteiger partial charge in [0.1, 0.15) is 11.6 Å². The summed E-state index contributed by atoms with van der Waals surface area (Å²) in [6, 6.07) is 23.2. The van der Waals surface area contributed by atoms with Gasteiger partial charge in [0.15, 0.2) is 0 Å². The minimum atomic E-state index is -0.419. The van der Waals surface area contributed by atoms with Gasteiger partial charge in [0.05, 0.1) is 0 Å². The summed E-state index contributed by atoms with van der Waals surface area (Å²) in [7, 11) is 0. The summed E-state index contributed by atoms with van der Waals surface area (Å²) >= 11 is 0. The molecule has 6 nitrogen and oxygen atoms in total. The second-order valence-electron chi connectivity index (χ2n) is 7.56. The lowest BCUT2D eigenvalue weighted by Gasteiger charge is -2.13. The number of hydrogen-bond acceptors (Lipinski definition) is 4. The predicted octanol–water partition coefficient (Wildman–Crippen LogP) is 5.50. The fourth-order valence-electron chi connectivity index (χ4n) is 3.25. The number of hydrogen-bond donors (Lipinski definition) is 2. The summed E-state index contributed by atoms with van der Waals surface area (Å²) in [6.45, 7) is 2.00. The molecule has 0 spiro atoms. The fraction of sp³-hybridized carbons (Fsp3) is 0.0741. The van der Waals surface area contributed by atoms with Gasteiger partial charge in [-0.3, -0.25) is 9.59 Å². The zero-order valence-corrected chi connectivity index (χ0v) is 18.4. The van der Waals surface area contributed by atoms with E-state index in [0.29, 0.717) is 28.1 Å². The first-order valence-electron chi connectivity index (χ1n) is 10.6. The normalized spacial score (nSPS) is 10.4. The van der Waals surface area contributed by atoms with Crippen molar-refractivity contribution in [2.75, 3.05) is 5.32 Å². The van der Waals surface area contributed by atoms with Crippen LogP contribution in [0.25, 0.3) is 0 Å². The molecule has 0 saturated carbocycles. The zero-order chi connectivity index (χ0) is 23.9. The number of aryl methyl sites for hydroxylation is 1. The summed E-state index contributed by atoms with van der Waals surface area (Å²) < 4.78 is 19.2. The zero-order valence-electron chi connectivity index (χ0n) is 18.4. The Morgan fingerprint density at radius 1 is 0.882 bits per heavy atom. The van der Waals surface area contributed by atoms with Crippen LogP contribution in [0.15, 0.2) is 91.1 Å². The maximum atomic E-state index is 13.5. The monoisotopic (exact) mass is 455 g/mol. The minimum absolute atomic E-state index is 0.150. The predicted molar refractivity (Wildman–Crippen MR) is 127 cm³/mol. The molecule has 2 amide bonds. The molecule has 4 aromatic rings. The van der Waals surface area contributed by atoms with Crippen molar-refractivity contribution < 1.29 is 18.7 Å². The van der Waals surface area contributed by atoms with E-state index in [1.807, 2.05) is 13.0 Å². The van der Waals surface area contributed by atoms with Gasteiger partial charge in [0.25, 0.3) is 11.8 Å². The molecular formula is C27H22FN3O3. The van der Waals surface area contributed by atoms with Crippen LogP contribution in [0.2, 0.25) is 0 Å². The van der Waals surface area contributed by atoms with E-state index in [9.17, 15) is 14.0 Å². The molecular weight excluding hydrogens is 433 g/mol. The summed E-state index contributed by atoms with van der Waals surface area (Å²) in [4.78, 5) is 29.5. The first kappa shape index (κ1) is 22.7. The van der Waals surface area contributed by atoms with Crippen LogP contribution in [0.1, 0.15) is 31.8 Å². The lowest BCUT2D eigenvalue weighted by Crippen LogP contribution is -2.23. The first-order valence-corrected chi connectivity index (χ1v) is 10.6. The van der Waals surface area contributed by atoms with Gasteiger partial charge in [-0.1, -0.05) is 36.4 Å². The number of nitrogens with one attached hydrogen (secondary N) is 2. The lowest BCUT2D eigenvalue weighted by atomic mass is 10.1. The van der Waals surface area contributed by atoms with Gasteiger partial charge in [-0.05, 0) is 55.0 Å². The van der Waals surface area contributed by atoms with E-state index in [1.165, 1.54) is 12.1 Å². The van der Waals surface area contributed by atoms with Crippen LogP contribution in [0.3, 0.4) is 0 Å². The molecule has 2 N–H and O–H groups in total. The Kier molecular flexibility index (Phi) is 6.93. The number of rotatable bonds is 7. The Labute approximate surface area is 196 Å². The number of amides is 2. The van der Waals surface area contributed by atoms with E-state index < -0.39 is 5.82 Å². The van der Waals surface area contributed by atoms with Crippen molar-refractivity contribution in [1.29, 1.82) is 0 Å². The Bertz CT molecular complexity index is 1330. The molecule has 4 rings (SSSR count). The fourth-order valence-corrected chi connectivity index (χ4v) is 3.25. The van der Waals surface area contributed by atoms with Gasteiger partial charge >= 0.3 is 0 Å². The van der Waals surface area contributed by atoms with Gasteiger partial charge in [-0.15, -0.1) is 0 Å². The minimum Gasteiger partial charge on any atom is -0.439 e. The number of benzene rings is 3. The number of carbonyl (C=O) groups excluding carboxylic acids is 2. The van der Waals surface area contributed by atoms with Crippen LogP contribution in [0.4, 0.5) is 10.1 Å². The summed E-state index contributed by atoms with van der Waals surface area (Å²) in [6.07, 6.45) is 1.56. The van der Waals surface area contributed by atoms with E-state index in [4.69, 9.17) is 4.74 Å². The second-order valence-corrected chi connectivity index (χ2v) is 7.56. The van der Waals surface area contributed by atoms with Crippen molar-refractivity contribution in [3.8, 4) is 11.6 Å². The maximum Gasteiger partial charge on any atom is 0.255 e. The summed E-state index contributed by atoms with van der Waals surface area (Å²) in [5, 5.41) is 5.70. The molecule has 7 heteroatoms. The number of halogens is 1. The Balaban J connectivity index is 1.45. The van der Waals surface area contributed by atoms with Gasteiger partial charge < -0.3 is 15.4 Å². The number of carbonyl (C=O) groups is 2. The average molecular weight is 455 g/mol. The largest absolute Gasteiger partial charge is 0.439 e. The number of nitrogens with zero attached hydrogens (tertiary/aromatic N) is 1. The lowest BCUT2D eigenvalue weighted by molar-refractivity contribution is 0.0949. The molecule has 0 radical (unpaired) electrons. The van der Waals surface area contributed by atoms with Crippen LogP contribution in [-0.4, -0.2) is 16.8 Å². The quantitative estimate of drug-likeness (QED) is 0.385. The van der Waals surface area contributed by atoms with Crippen molar-refractivity contribution in [3.05, 3.63) is 119 Å². The molecule has 0 aliphatic heterocycles. The van der Waals surface area contributed by atoms with Gasteiger partial charge in [-0.25, -0.2) is 9.37 Å². The van der Waals surface area contributed by atoms with E-state index in [0.717, 1.165) is 5.56 Å². The van der Waals surface area contributed by atoms with E-state index >= 15 is 0 Å². The molecule has 170 valence electrons. The third-order valence-corrected chi connectivity index (χ3v) is 5.08. The number of pyridine rings is 1. The molecule has 1 aromatic heterocycles. The van der Waals surface area contributed by atoms with Gasteiger partial charge in [0, 0.05) is 41.2 Å². The number of ether oxygens (including phenoxy) is 1. The molecule has 0 saturated heterocycles. The molecule has 34 heavy (non-hydrogen) atoms. The van der Waals surface area contributed by atoms with Crippen LogP contribution in [0, 0.1) is 12.7 Å². The topological polar surface area (TPSA) is 80.3 Å². The standard InChI is InChI=1S/C27H22FN3O3/c1-18-12-13-20(15-24(18)31-26(33)19-7-3-2-4-8-19)25(32)30-17-21-9-6-14-29-27(21)34-23-11-5-10-22(28)16-23/h2-16H,17H2,1H3,(H,30,32)(H,31,33).